The topological polar surface area (TPSA) is 21.3 Å². The van der Waals surface area contributed by atoms with Gasteiger partial charge < -0.3 is 10.1 Å². The van der Waals surface area contributed by atoms with Gasteiger partial charge in [-0.15, -0.1) is 13.2 Å². The highest BCUT2D eigenvalue weighted by Crippen LogP contribution is 2.39. The molecule has 1 aliphatic heterocycles. The summed E-state index contributed by atoms with van der Waals surface area (Å²) in [7, 11) is 0. The number of alkyl halides is 3. The van der Waals surface area contributed by atoms with Crippen molar-refractivity contribution < 1.29 is 17.9 Å². The van der Waals surface area contributed by atoms with Crippen molar-refractivity contribution in [2.75, 3.05) is 5.32 Å². The minimum absolute atomic E-state index is 0.205. The predicted molar refractivity (Wildman–Crippen MR) is 99.7 cm³/mol. The maximum Gasteiger partial charge on any atom is 0.573 e. The van der Waals surface area contributed by atoms with Gasteiger partial charge in [-0.2, -0.15) is 0 Å². The molecular formula is C22H18F3NO. The number of benzene rings is 3. The lowest BCUT2D eigenvalue weighted by molar-refractivity contribution is -0.274. The molecule has 4 rings (SSSR count). The first-order valence-electron chi connectivity index (χ1n) is 8.79. The Morgan fingerprint density at radius 1 is 0.889 bits per heavy atom. The molecule has 1 heterocycles. The van der Waals surface area contributed by atoms with E-state index in [0.29, 0.717) is 5.56 Å². The molecule has 5 heteroatoms. The Bertz CT molecular complexity index is 938. The molecule has 0 radical (unpaired) electrons. The largest absolute Gasteiger partial charge is 0.573 e. The molecule has 0 aromatic heterocycles. The van der Waals surface area contributed by atoms with E-state index < -0.39 is 6.36 Å². The smallest absolute Gasteiger partial charge is 0.406 e. The molecule has 1 aliphatic rings. The predicted octanol–water partition coefficient (Wildman–Crippen LogP) is 6.35. The number of hydrogen-bond acceptors (Lipinski definition) is 2. The van der Waals surface area contributed by atoms with Crippen molar-refractivity contribution in [3.63, 3.8) is 0 Å². The number of nitrogens with one attached hydrogen (secondary N) is 1. The van der Waals surface area contributed by atoms with Crippen LogP contribution in [0.5, 0.6) is 5.75 Å². The Hall–Kier alpha value is -2.95. The van der Waals surface area contributed by atoms with Crippen molar-refractivity contribution in [3.05, 3.63) is 83.9 Å². The first-order valence-corrected chi connectivity index (χ1v) is 8.79. The minimum atomic E-state index is -4.70. The summed E-state index contributed by atoms with van der Waals surface area (Å²) in [6.07, 6.45) is -2.92. The number of halogens is 3. The molecule has 0 bridgehead atoms. The van der Waals surface area contributed by atoms with Crippen LogP contribution in [0.2, 0.25) is 0 Å². The zero-order valence-corrected chi connectivity index (χ0v) is 14.5. The van der Waals surface area contributed by atoms with Crippen LogP contribution in [0.1, 0.15) is 23.6 Å². The van der Waals surface area contributed by atoms with Crippen LogP contribution in [0.15, 0.2) is 72.8 Å². The van der Waals surface area contributed by atoms with Gasteiger partial charge in [0.15, 0.2) is 0 Å². The Balaban J connectivity index is 1.65. The molecule has 1 atom stereocenters. The molecule has 27 heavy (non-hydrogen) atoms. The van der Waals surface area contributed by atoms with E-state index >= 15 is 0 Å². The van der Waals surface area contributed by atoms with Gasteiger partial charge in [0.1, 0.15) is 5.75 Å². The van der Waals surface area contributed by atoms with E-state index in [1.54, 1.807) is 6.07 Å². The van der Waals surface area contributed by atoms with Crippen LogP contribution in [0.4, 0.5) is 18.9 Å². The molecule has 3 aromatic rings. The molecule has 0 saturated heterocycles. The van der Waals surface area contributed by atoms with Gasteiger partial charge in [0.2, 0.25) is 0 Å². The second kappa shape index (κ2) is 6.99. The normalized spacial score (nSPS) is 16.3. The zero-order chi connectivity index (χ0) is 18.9. The monoisotopic (exact) mass is 369 g/mol. The van der Waals surface area contributed by atoms with Gasteiger partial charge in [-0.3, -0.25) is 0 Å². The number of ether oxygens (including phenoxy) is 1. The third-order valence-corrected chi connectivity index (χ3v) is 4.77. The molecule has 0 fully saturated rings. The molecule has 2 nitrogen and oxygen atoms in total. The summed E-state index contributed by atoms with van der Waals surface area (Å²) < 4.78 is 41.6. The Kier molecular flexibility index (Phi) is 4.52. The van der Waals surface area contributed by atoms with Crippen LogP contribution >= 0.6 is 0 Å². The van der Waals surface area contributed by atoms with Crippen LogP contribution in [0.3, 0.4) is 0 Å². The van der Waals surface area contributed by atoms with Crippen molar-refractivity contribution in [3.8, 4) is 16.9 Å². The third-order valence-electron chi connectivity index (χ3n) is 4.77. The summed E-state index contributed by atoms with van der Waals surface area (Å²) in [5.41, 5.74) is 5.02. The number of anilines is 1. The molecule has 138 valence electrons. The fraction of sp³-hybridized carbons (Fsp3) is 0.182. The molecule has 0 spiro atoms. The van der Waals surface area contributed by atoms with Gasteiger partial charge >= 0.3 is 6.36 Å². The van der Waals surface area contributed by atoms with E-state index in [0.717, 1.165) is 29.7 Å². The Morgan fingerprint density at radius 2 is 1.67 bits per heavy atom. The molecule has 1 N–H and O–H groups in total. The first kappa shape index (κ1) is 17.5. The summed E-state index contributed by atoms with van der Waals surface area (Å²) >= 11 is 0. The lowest BCUT2D eigenvalue weighted by Crippen LogP contribution is -2.18. The number of fused-ring (bicyclic) bond motifs is 1. The van der Waals surface area contributed by atoms with Gasteiger partial charge in [0.25, 0.3) is 0 Å². The summed E-state index contributed by atoms with van der Waals surface area (Å²) in [6, 6.07) is 22.5. The van der Waals surface area contributed by atoms with Gasteiger partial charge in [0, 0.05) is 5.69 Å². The summed E-state index contributed by atoms with van der Waals surface area (Å²) in [4.78, 5) is 0. The fourth-order valence-electron chi connectivity index (χ4n) is 3.61. The SMILES string of the molecule is FC(F)(F)Oc1cccc(-c2cccc3c2CCC(c2ccccc2)N3)c1. The van der Waals surface area contributed by atoms with Crippen molar-refractivity contribution in [1.82, 2.24) is 0 Å². The molecular weight excluding hydrogens is 351 g/mol. The van der Waals surface area contributed by atoms with E-state index in [2.05, 4.69) is 22.2 Å². The minimum Gasteiger partial charge on any atom is -0.406 e. The van der Waals surface area contributed by atoms with Crippen LogP contribution in [0, 0.1) is 0 Å². The number of hydrogen-bond donors (Lipinski definition) is 1. The number of rotatable bonds is 3. The van der Waals surface area contributed by atoms with Crippen molar-refractivity contribution >= 4 is 5.69 Å². The second-order valence-corrected chi connectivity index (χ2v) is 6.55. The van der Waals surface area contributed by atoms with Crippen molar-refractivity contribution in [2.24, 2.45) is 0 Å². The highest BCUT2D eigenvalue weighted by molar-refractivity contribution is 5.76. The van der Waals surface area contributed by atoms with E-state index in [1.165, 1.54) is 17.7 Å². The average Bonchev–Trinajstić information content (AvgIpc) is 2.66. The van der Waals surface area contributed by atoms with E-state index in [-0.39, 0.29) is 11.8 Å². The van der Waals surface area contributed by atoms with Crippen LogP contribution in [-0.4, -0.2) is 6.36 Å². The van der Waals surface area contributed by atoms with E-state index in [1.807, 2.05) is 42.5 Å². The van der Waals surface area contributed by atoms with E-state index in [4.69, 9.17) is 0 Å². The van der Waals surface area contributed by atoms with Crippen LogP contribution < -0.4 is 10.1 Å². The summed E-state index contributed by atoms with van der Waals surface area (Å²) in [5, 5.41) is 3.57. The van der Waals surface area contributed by atoms with Gasteiger partial charge in [-0.25, -0.2) is 0 Å². The van der Waals surface area contributed by atoms with Crippen molar-refractivity contribution in [2.45, 2.75) is 25.2 Å². The van der Waals surface area contributed by atoms with Gasteiger partial charge in [0.05, 0.1) is 6.04 Å². The standard InChI is InChI=1S/C22H18F3NO/c23-22(24,25)27-17-9-4-8-16(14-17)18-10-5-11-21-19(18)12-13-20(26-21)15-6-2-1-3-7-15/h1-11,14,20,26H,12-13H2. The average molecular weight is 369 g/mol. The zero-order valence-electron chi connectivity index (χ0n) is 14.5. The molecule has 0 aliphatic carbocycles. The molecule has 3 aromatic carbocycles. The third kappa shape index (κ3) is 3.92. The first-order chi connectivity index (χ1) is 13.0. The Morgan fingerprint density at radius 3 is 2.44 bits per heavy atom. The molecule has 0 amide bonds. The van der Waals surface area contributed by atoms with Crippen LogP contribution in [-0.2, 0) is 6.42 Å². The maximum atomic E-state index is 12.5. The second-order valence-electron chi connectivity index (χ2n) is 6.55. The quantitative estimate of drug-likeness (QED) is 0.581. The lowest BCUT2D eigenvalue weighted by Gasteiger charge is -2.29. The summed E-state index contributed by atoms with van der Waals surface area (Å²) in [6.45, 7) is 0. The van der Waals surface area contributed by atoms with Gasteiger partial charge in [-0.05, 0) is 53.3 Å². The van der Waals surface area contributed by atoms with E-state index in [9.17, 15) is 13.2 Å². The highest BCUT2D eigenvalue weighted by Gasteiger charge is 2.31. The molecule has 0 saturated carbocycles. The maximum absolute atomic E-state index is 12.5. The fourth-order valence-corrected chi connectivity index (χ4v) is 3.61. The van der Waals surface area contributed by atoms with Crippen LogP contribution in [0.25, 0.3) is 11.1 Å². The molecule has 1 unspecified atom stereocenters. The lowest BCUT2D eigenvalue weighted by atomic mass is 9.88. The Labute approximate surface area is 155 Å². The summed E-state index contributed by atoms with van der Waals surface area (Å²) in [5.74, 6) is -0.205. The van der Waals surface area contributed by atoms with Crippen molar-refractivity contribution in [1.29, 1.82) is 0 Å². The highest BCUT2D eigenvalue weighted by atomic mass is 19.4. The van der Waals surface area contributed by atoms with Gasteiger partial charge in [-0.1, -0.05) is 54.6 Å².